The van der Waals surface area contributed by atoms with Crippen LogP contribution in [0.15, 0.2) is 60.7 Å². The lowest BCUT2D eigenvalue weighted by Crippen LogP contribution is -1.91. The molecule has 0 aliphatic heterocycles. The summed E-state index contributed by atoms with van der Waals surface area (Å²) in [6, 6.07) is 18.7. The highest BCUT2D eigenvalue weighted by Gasteiger charge is 2.20. The zero-order valence-corrected chi connectivity index (χ0v) is 11.0. The molecule has 1 aliphatic carbocycles. The monoisotopic (exact) mass is 249 g/mol. The van der Waals surface area contributed by atoms with Crippen LogP contribution in [0.1, 0.15) is 30.4 Å². The van der Waals surface area contributed by atoms with Gasteiger partial charge in [0.25, 0.3) is 0 Å². The summed E-state index contributed by atoms with van der Waals surface area (Å²) in [5.74, 6) is 0.903. The van der Waals surface area contributed by atoms with Gasteiger partial charge in [-0.3, -0.25) is 0 Å². The van der Waals surface area contributed by atoms with Crippen molar-refractivity contribution in [1.29, 1.82) is 0 Å². The van der Waals surface area contributed by atoms with Crippen molar-refractivity contribution in [2.75, 3.05) is 5.73 Å². The molecular weight excluding hydrogens is 230 g/mol. The Morgan fingerprint density at radius 2 is 1.74 bits per heavy atom. The van der Waals surface area contributed by atoms with Gasteiger partial charge < -0.3 is 5.73 Å². The molecule has 1 aliphatic rings. The molecule has 2 N–H and O–H groups in total. The number of nitrogens with two attached hydrogens (primary N) is 1. The topological polar surface area (TPSA) is 26.0 Å². The molecule has 2 aromatic rings. The smallest absolute Gasteiger partial charge is 0.0320 e. The fourth-order valence-electron chi connectivity index (χ4n) is 2.36. The molecule has 19 heavy (non-hydrogen) atoms. The molecule has 0 radical (unpaired) electrons. The summed E-state index contributed by atoms with van der Waals surface area (Å²) >= 11 is 0. The summed E-state index contributed by atoms with van der Waals surface area (Å²) in [7, 11) is 0. The Kier molecular flexibility index (Phi) is 3.37. The van der Waals surface area contributed by atoms with E-state index in [1.54, 1.807) is 0 Å². The first-order chi connectivity index (χ1) is 9.33. The lowest BCUT2D eigenvalue weighted by molar-refractivity contribution is 0.864. The Morgan fingerprint density at radius 1 is 1.00 bits per heavy atom. The van der Waals surface area contributed by atoms with Crippen LogP contribution in [0.3, 0.4) is 0 Å². The molecule has 0 amide bonds. The van der Waals surface area contributed by atoms with Gasteiger partial charge in [-0.15, -0.1) is 0 Å². The van der Waals surface area contributed by atoms with E-state index in [2.05, 4.69) is 48.5 Å². The van der Waals surface area contributed by atoms with Crippen molar-refractivity contribution in [2.24, 2.45) is 5.92 Å². The van der Waals surface area contributed by atoms with Gasteiger partial charge in [-0.1, -0.05) is 48.5 Å². The number of benzene rings is 2. The second-order valence-electron chi connectivity index (χ2n) is 5.29. The van der Waals surface area contributed by atoms with Gasteiger partial charge >= 0.3 is 0 Å². The number of hydrogen-bond donors (Lipinski definition) is 1. The van der Waals surface area contributed by atoms with E-state index in [0.29, 0.717) is 0 Å². The Bertz CT molecular complexity index is 580. The van der Waals surface area contributed by atoms with Crippen molar-refractivity contribution < 1.29 is 0 Å². The van der Waals surface area contributed by atoms with E-state index in [9.17, 15) is 0 Å². The summed E-state index contributed by atoms with van der Waals surface area (Å²) in [5, 5.41) is 0. The molecule has 96 valence electrons. The predicted octanol–water partition coefficient (Wildman–Crippen LogP) is 4.50. The van der Waals surface area contributed by atoms with Crippen LogP contribution in [-0.2, 0) is 0 Å². The van der Waals surface area contributed by atoms with E-state index in [4.69, 9.17) is 5.73 Å². The van der Waals surface area contributed by atoms with Crippen molar-refractivity contribution >= 4 is 11.3 Å². The summed E-state index contributed by atoms with van der Waals surface area (Å²) in [4.78, 5) is 0. The Hall–Kier alpha value is -2.02. The third-order valence-electron chi connectivity index (χ3n) is 3.63. The maximum absolute atomic E-state index is 5.92. The van der Waals surface area contributed by atoms with Crippen LogP contribution in [0.2, 0.25) is 0 Å². The maximum atomic E-state index is 5.92. The minimum absolute atomic E-state index is 0.825. The average molecular weight is 249 g/mol. The Morgan fingerprint density at radius 3 is 2.42 bits per heavy atom. The highest BCUT2D eigenvalue weighted by molar-refractivity contribution is 5.80. The maximum Gasteiger partial charge on any atom is 0.0320 e. The Balaban J connectivity index is 1.98. The molecular formula is C18H19N. The fourth-order valence-corrected chi connectivity index (χ4v) is 2.36. The molecule has 2 aromatic carbocycles. The highest BCUT2D eigenvalue weighted by Crippen LogP contribution is 2.35. The third-order valence-corrected chi connectivity index (χ3v) is 3.63. The van der Waals surface area contributed by atoms with Crippen LogP contribution in [0.25, 0.3) is 5.57 Å². The van der Waals surface area contributed by atoms with E-state index in [-0.39, 0.29) is 0 Å². The molecule has 1 heteroatoms. The van der Waals surface area contributed by atoms with Crippen LogP contribution in [-0.4, -0.2) is 0 Å². The average Bonchev–Trinajstić information content (AvgIpc) is 3.25. The zero-order valence-electron chi connectivity index (χ0n) is 11.0. The van der Waals surface area contributed by atoms with Crippen LogP contribution in [0.5, 0.6) is 0 Å². The molecule has 0 heterocycles. The largest absolute Gasteiger partial charge is 0.399 e. The number of rotatable bonds is 4. The van der Waals surface area contributed by atoms with Gasteiger partial charge in [-0.05, 0) is 54.0 Å². The summed E-state index contributed by atoms with van der Waals surface area (Å²) in [6.45, 7) is 0. The molecule has 1 saturated carbocycles. The van der Waals surface area contributed by atoms with Crippen LogP contribution < -0.4 is 5.73 Å². The van der Waals surface area contributed by atoms with Crippen molar-refractivity contribution in [3.05, 3.63) is 71.8 Å². The van der Waals surface area contributed by atoms with E-state index in [1.807, 2.05) is 12.1 Å². The second-order valence-corrected chi connectivity index (χ2v) is 5.29. The molecule has 1 fully saturated rings. The molecule has 1 nitrogen and oxygen atoms in total. The minimum atomic E-state index is 0.825. The third kappa shape index (κ3) is 3.05. The van der Waals surface area contributed by atoms with Gasteiger partial charge in [0.15, 0.2) is 0 Å². The standard InChI is InChI=1S/C18H19N/c19-17-8-4-7-16(13-17)18(12-11-14-9-10-14)15-5-2-1-3-6-15/h1-8,12-14H,9-11,19H2/b18-12-. The zero-order chi connectivity index (χ0) is 13.1. The quantitative estimate of drug-likeness (QED) is 0.793. The second kappa shape index (κ2) is 5.31. The van der Waals surface area contributed by atoms with Gasteiger partial charge in [0.1, 0.15) is 0 Å². The van der Waals surface area contributed by atoms with Crippen LogP contribution >= 0.6 is 0 Å². The number of hydrogen-bond acceptors (Lipinski definition) is 1. The molecule has 0 unspecified atom stereocenters. The van der Waals surface area contributed by atoms with Gasteiger partial charge in [0.2, 0.25) is 0 Å². The molecule has 0 spiro atoms. The Labute approximate surface area is 114 Å². The van der Waals surface area contributed by atoms with Crippen molar-refractivity contribution in [2.45, 2.75) is 19.3 Å². The van der Waals surface area contributed by atoms with Gasteiger partial charge in [0.05, 0.1) is 0 Å². The van der Waals surface area contributed by atoms with Crippen molar-refractivity contribution in [1.82, 2.24) is 0 Å². The highest BCUT2D eigenvalue weighted by atomic mass is 14.5. The lowest BCUT2D eigenvalue weighted by atomic mass is 9.96. The van der Waals surface area contributed by atoms with Crippen LogP contribution in [0.4, 0.5) is 5.69 Å². The van der Waals surface area contributed by atoms with E-state index in [1.165, 1.54) is 36.0 Å². The molecule has 0 atom stereocenters. The van der Waals surface area contributed by atoms with E-state index < -0.39 is 0 Å². The normalized spacial score (nSPS) is 15.5. The fraction of sp³-hybridized carbons (Fsp3) is 0.222. The van der Waals surface area contributed by atoms with Gasteiger partial charge in [-0.2, -0.15) is 0 Å². The molecule has 0 aromatic heterocycles. The first kappa shape index (κ1) is 12.0. The van der Waals surface area contributed by atoms with Gasteiger partial charge in [-0.25, -0.2) is 0 Å². The SMILES string of the molecule is Nc1cccc(/C(=C\CC2CC2)c2ccccc2)c1. The minimum Gasteiger partial charge on any atom is -0.399 e. The summed E-state index contributed by atoms with van der Waals surface area (Å²) < 4.78 is 0. The predicted molar refractivity (Wildman–Crippen MR) is 81.7 cm³/mol. The molecule has 0 saturated heterocycles. The number of allylic oxidation sites excluding steroid dienone is 1. The van der Waals surface area contributed by atoms with Gasteiger partial charge in [0, 0.05) is 5.69 Å². The molecule has 3 rings (SSSR count). The molecule has 0 bridgehead atoms. The first-order valence-electron chi connectivity index (χ1n) is 6.94. The first-order valence-corrected chi connectivity index (χ1v) is 6.94. The number of anilines is 1. The summed E-state index contributed by atoms with van der Waals surface area (Å²) in [6.07, 6.45) is 6.33. The van der Waals surface area contributed by atoms with E-state index in [0.717, 1.165) is 11.6 Å². The van der Waals surface area contributed by atoms with E-state index >= 15 is 0 Å². The lowest BCUT2D eigenvalue weighted by Gasteiger charge is -2.09. The summed E-state index contributed by atoms with van der Waals surface area (Å²) in [5.41, 5.74) is 10.5. The van der Waals surface area contributed by atoms with Crippen LogP contribution in [0, 0.1) is 5.92 Å². The van der Waals surface area contributed by atoms with Crippen molar-refractivity contribution in [3.63, 3.8) is 0 Å². The number of nitrogen functional groups attached to an aromatic ring is 1. The van der Waals surface area contributed by atoms with Crippen molar-refractivity contribution in [3.8, 4) is 0 Å².